The molecule has 26 heavy (non-hydrogen) atoms. The van der Waals surface area contributed by atoms with Gasteiger partial charge in [-0.05, 0) is 64.1 Å². The topological polar surface area (TPSA) is 76.7 Å². The lowest BCUT2D eigenvalue weighted by Gasteiger charge is -2.21. The summed E-state index contributed by atoms with van der Waals surface area (Å²) >= 11 is 0. The summed E-state index contributed by atoms with van der Waals surface area (Å²) in [6.45, 7) is 6.87. The predicted octanol–water partition coefficient (Wildman–Crippen LogP) is 4.33. The Morgan fingerprint density at radius 2 is 1.50 bits per heavy atom. The summed E-state index contributed by atoms with van der Waals surface area (Å²) in [5.41, 5.74) is -0.0113. The maximum absolute atomic E-state index is 12.2. The third-order valence-corrected chi connectivity index (χ3v) is 3.23. The van der Waals surface area contributed by atoms with Crippen LogP contribution in [0.1, 0.15) is 27.7 Å². The van der Waals surface area contributed by atoms with Crippen LogP contribution in [0.5, 0.6) is 11.5 Å². The van der Waals surface area contributed by atoms with E-state index in [-0.39, 0.29) is 5.91 Å². The highest BCUT2D eigenvalue weighted by atomic mass is 16.6. The van der Waals surface area contributed by atoms with Crippen LogP contribution in [0.2, 0.25) is 0 Å². The first-order chi connectivity index (χ1) is 12.2. The van der Waals surface area contributed by atoms with Crippen molar-refractivity contribution < 1.29 is 19.1 Å². The minimum atomic E-state index is -0.731. The summed E-state index contributed by atoms with van der Waals surface area (Å²) in [6, 6.07) is 15.7. The quantitative estimate of drug-likeness (QED) is 0.836. The van der Waals surface area contributed by atoms with Crippen LogP contribution in [-0.4, -0.2) is 23.6 Å². The van der Waals surface area contributed by atoms with Gasteiger partial charge < -0.3 is 20.1 Å². The van der Waals surface area contributed by atoms with Crippen LogP contribution >= 0.6 is 0 Å². The van der Waals surface area contributed by atoms with Gasteiger partial charge in [-0.2, -0.15) is 0 Å². The van der Waals surface area contributed by atoms with Gasteiger partial charge in [0, 0.05) is 5.69 Å². The Balaban J connectivity index is 1.87. The summed E-state index contributed by atoms with van der Waals surface area (Å²) in [6.07, 6.45) is -0.633. The number of rotatable bonds is 5. The number of benzene rings is 2. The summed E-state index contributed by atoms with van der Waals surface area (Å²) in [5, 5.41) is 5.24. The molecule has 0 radical (unpaired) electrons. The smallest absolute Gasteiger partial charge is 0.408 e. The molecule has 0 aliphatic heterocycles. The zero-order chi connectivity index (χ0) is 19.2. The van der Waals surface area contributed by atoms with Gasteiger partial charge in [-0.15, -0.1) is 0 Å². The van der Waals surface area contributed by atoms with Gasteiger partial charge in [0.05, 0.1) is 0 Å². The summed E-state index contributed by atoms with van der Waals surface area (Å²) in [7, 11) is 0. The van der Waals surface area contributed by atoms with E-state index in [4.69, 9.17) is 9.47 Å². The largest absolute Gasteiger partial charge is 0.457 e. The molecule has 2 rings (SSSR count). The van der Waals surface area contributed by atoms with Gasteiger partial charge in [0.15, 0.2) is 0 Å². The van der Waals surface area contributed by atoms with E-state index < -0.39 is 17.7 Å². The van der Waals surface area contributed by atoms with Crippen LogP contribution in [0.4, 0.5) is 10.5 Å². The number of nitrogens with one attached hydrogen (secondary N) is 2. The lowest BCUT2D eigenvalue weighted by molar-refractivity contribution is -0.117. The normalized spacial score (nSPS) is 12.0. The minimum absolute atomic E-state index is 0.340. The van der Waals surface area contributed by atoms with Crippen LogP contribution in [0.3, 0.4) is 0 Å². The van der Waals surface area contributed by atoms with Crippen molar-refractivity contribution >= 4 is 17.7 Å². The molecular weight excluding hydrogens is 332 g/mol. The monoisotopic (exact) mass is 356 g/mol. The molecule has 2 aromatic rings. The van der Waals surface area contributed by atoms with Crippen molar-refractivity contribution in [3.63, 3.8) is 0 Å². The van der Waals surface area contributed by atoms with Crippen molar-refractivity contribution in [2.45, 2.75) is 39.3 Å². The Bertz CT molecular complexity index is 737. The lowest BCUT2D eigenvalue weighted by atomic mass is 10.2. The molecule has 1 unspecified atom stereocenters. The molecule has 138 valence electrons. The number of ether oxygens (including phenoxy) is 2. The number of amides is 2. The van der Waals surface area contributed by atoms with E-state index in [0.29, 0.717) is 11.4 Å². The van der Waals surface area contributed by atoms with Crippen molar-refractivity contribution in [1.82, 2.24) is 5.32 Å². The van der Waals surface area contributed by atoms with Crippen molar-refractivity contribution in [3.8, 4) is 11.5 Å². The number of hydrogen-bond donors (Lipinski definition) is 2. The highest BCUT2D eigenvalue weighted by molar-refractivity contribution is 5.96. The van der Waals surface area contributed by atoms with Crippen LogP contribution in [0.15, 0.2) is 54.6 Å². The molecule has 0 aromatic heterocycles. The highest BCUT2D eigenvalue weighted by Crippen LogP contribution is 2.22. The van der Waals surface area contributed by atoms with Crippen molar-refractivity contribution in [3.05, 3.63) is 54.6 Å². The maximum atomic E-state index is 12.2. The van der Waals surface area contributed by atoms with E-state index in [1.54, 1.807) is 52.0 Å². The van der Waals surface area contributed by atoms with E-state index in [0.717, 1.165) is 5.75 Å². The molecule has 6 nitrogen and oxygen atoms in total. The van der Waals surface area contributed by atoms with Gasteiger partial charge >= 0.3 is 6.09 Å². The molecule has 0 bridgehead atoms. The molecule has 2 amide bonds. The summed E-state index contributed by atoms with van der Waals surface area (Å²) in [5.74, 6) is 1.06. The average molecular weight is 356 g/mol. The standard InChI is InChI=1S/C20H24N2O4/c1-14(21-19(24)26-20(2,3)4)18(23)22-15-10-12-17(13-11-15)25-16-8-6-5-7-9-16/h5-14H,1-4H3,(H,21,24)(H,22,23). The Kier molecular flexibility index (Phi) is 6.22. The second-order valence-electron chi connectivity index (χ2n) is 6.80. The van der Waals surface area contributed by atoms with Crippen LogP contribution < -0.4 is 15.4 Å². The molecular formula is C20H24N2O4. The predicted molar refractivity (Wildman–Crippen MR) is 100 cm³/mol. The Hall–Kier alpha value is -3.02. The van der Waals surface area contributed by atoms with Gasteiger partial charge in [-0.25, -0.2) is 4.79 Å². The first kappa shape index (κ1) is 19.3. The summed E-state index contributed by atoms with van der Waals surface area (Å²) in [4.78, 5) is 23.9. The van der Waals surface area contributed by atoms with E-state index >= 15 is 0 Å². The minimum Gasteiger partial charge on any atom is -0.457 e. The fraction of sp³-hybridized carbons (Fsp3) is 0.300. The maximum Gasteiger partial charge on any atom is 0.408 e. The molecule has 0 heterocycles. The first-order valence-corrected chi connectivity index (χ1v) is 8.36. The number of para-hydroxylation sites is 1. The van der Waals surface area contributed by atoms with Gasteiger partial charge in [0.2, 0.25) is 5.91 Å². The van der Waals surface area contributed by atoms with Crippen molar-refractivity contribution in [2.75, 3.05) is 5.32 Å². The van der Waals surface area contributed by atoms with Crippen LogP contribution in [-0.2, 0) is 9.53 Å². The zero-order valence-corrected chi connectivity index (χ0v) is 15.4. The van der Waals surface area contributed by atoms with Gasteiger partial charge in [0.25, 0.3) is 0 Å². The van der Waals surface area contributed by atoms with E-state index in [2.05, 4.69) is 10.6 Å². The molecule has 0 spiro atoms. The number of alkyl carbamates (subject to hydrolysis) is 1. The van der Waals surface area contributed by atoms with Gasteiger partial charge in [-0.3, -0.25) is 4.79 Å². The van der Waals surface area contributed by atoms with Crippen molar-refractivity contribution in [1.29, 1.82) is 0 Å². The van der Waals surface area contributed by atoms with Crippen molar-refractivity contribution in [2.24, 2.45) is 0 Å². The second-order valence-corrected chi connectivity index (χ2v) is 6.80. The molecule has 0 aliphatic carbocycles. The van der Waals surface area contributed by atoms with Gasteiger partial charge in [0.1, 0.15) is 23.1 Å². The molecule has 1 atom stereocenters. The fourth-order valence-corrected chi connectivity index (χ4v) is 2.03. The number of carbonyl (C=O) groups excluding carboxylic acids is 2. The van der Waals surface area contributed by atoms with E-state index in [1.165, 1.54) is 0 Å². The zero-order valence-electron chi connectivity index (χ0n) is 15.4. The molecule has 0 saturated carbocycles. The Morgan fingerprint density at radius 3 is 2.08 bits per heavy atom. The molecule has 0 saturated heterocycles. The van der Waals surface area contributed by atoms with E-state index in [1.807, 2.05) is 30.3 Å². The average Bonchev–Trinajstić information content (AvgIpc) is 2.55. The molecule has 2 aromatic carbocycles. The summed E-state index contributed by atoms with van der Waals surface area (Å²) < 4.78 is 10.8. The third kappa shape index (κ3) is 6.47. The molecule has 0 fully saturated rings. The molecule has 0 aliphatic rings. The van der Waals surface area contributed by atoms with E-state index in [9.17, 15) is 9.59 Å². The van der Waals surface area contributed by atoms with Crippen LogP contribution in [0, 0.1) is 0 Å². The van der Waals surface area contributed by atoms with Gasteiger partial charge in [-0.1, -0.05) is 18.2 Å². The molecule has 2 N–H and O–H groups in total. The Labute approximate surface area is 153 Å². The molecule has 6 heteroatoms. The first-order valence-electron chi connectivity index (χ1n) is 8.36. The number of hydrogen-bond acceptors (Lipinski definition) is 4. The SMILES string of the molecule is CC(NC(=O)OC(C)(C)C)C(=O)Nc1ccc(Oc2ccccc2)cc1. The third-order valence-electron chi connectivity index (χ3n) is 3.23. The number of anilines is 1. The van der Waals surface area contributed by atoms with Crippen LogP contribution in [0.25, 0.3) is 0 Å². The Morgan fingerprint density at radius 1 is 0.923 bits per heavy atom. The second kappa shape index (κ2) is 8.38. The number of carbonyl (C=O) groups is 2. The fourth-order valence-electron chi connectivity index (χ4n) is 2.03. The highest BCUT2D eigenvalue weighted by Gasteiger charge is 2.21. The lowest BCUT2D eigenvalue weighted by Crippen LogP contribution is -2.43.